The molecule has 3 heteroatoms. The molecule has 0 fully saturated rings. The summed E-state index contributed by atoms with van der Waals surface area (Å²) in [5.74, 6) is 0. The Labute approximate surface area is 112 Å². The van der Waals surface area contributed by atoms with Crippen molar-refractivity contribution in [2.45, 2.75) is 25.7 Å². The lowest BCUT2D eigenvalue weighted by molar-refractivity contribution is 0.404. The quantitative estimate of drug-likeness (QED) is 0.540. The maximum atomic E-state index is 5.49. The van der Waals surface area contributed by atoms with Crippen molar-refractivity contribution in [2.75, 3.05) is 19.6 Å². The van der Waals surface area contributed by atoms with Gasteiger partial charge in [0.25, 0.3) is 0 Å². The van der Waals surface area contributed by atoms with E-state index in [1.165, 1.54) is 0 Å². The third-order valence-corrected chi connectivity index (χ3v) is 2.83. The molecule has 0 unspecified atom stereocenters. The molecule has 0 aromatic carbocycles. The molecule has 0 saturated carbocycles. The summed E-state index contributed by atoms with van der Waals surface area (Å²) in [6.45, 7) is 18.0. The number of nitrogens with zero attached hydrogens (tertiary/aromatic N) is 2. The van der Waals surface area contributed by atoms with Crippen LogP contribution in [0.3, 0.4) is 0 Å². The molecule has 0 aliphatic rings. The Morgan fingerprint density at radius 1 is 0.944 bits per heavy atom. The summed E-state index contributed by atoms with van der Waals surface area (Å²) < 4.78 is 0. The van der Waals surface area contributed by atoms with Gasteiger partial charge in [-0.2, -0.15) is 0 Å². The molecule has 0 aliphatic carbocycles. The summed E-state index contributed by atoms with van der Waals surface area (Å²) in [5, 5.41) is 0. The molecule has 0 rings (SSSR count). The highest BCUT2D eigenvalue weighted by atomic mass is 15.1. The second-order valence-corrected chi connectivity index (χ2v) is 4.14. The summed E-state index contributed by atoms with van der Waals surface area (Å²) in [5.41, 5.74) is 6.59. The highest BCUT2D eigenvalue weighted by Gasteiger charge is 2.03. The predicted octanol–water partition coefficient (Wildman–Crippen LogP) is 3.05. The van der Waals surface area contributed by atoms with Gasteiger partial charge >= 0.3 is 0 Å². The van der Waals surface area contributed by atoms with Crippen molar-refractivity contribution >= 4 is 0 Å². The van der Waals surface area contributed by atoms with Gasteiger partial charge in [0.05, 0.1) is 0 Å². The minimum Gasteiger partial charge on any atom is -0.355 e. The van der Waals surface area contributed by atoms with Crippen molar-refractivity contribution in [3.8, 4) is 0 Å². The van der Waals surface area contributed by atoms with Crippen LogP contribution in [0.1, 0.15) is 25.7 Å². The SMILES string of the molecule is C=CN(C=C)CCCCN(C=C)C(=C)CCCN. The lowest BCUT2D eigenvalue weighted by Crippen LogP contribution is -2.19. The number of rotatable bonds is 12. The Hall–Kier alpha value is -1.48. The third-order valence-electron chi connectivity index (χ3n) is 2.83. The van der Waals surface area contributed by atoms with E-state index in [1.54, 1.807) is 12.4 Å². The Bertz CT molecular complexity index is 263. The first-order chi connectivity index (χ1) is 8.69. The van der Waals surface area contributed by atoms with E-state index in [4.69, 9.17) is 5.73 Å². The molecule has 0 saturated heterocycles. The lowest BCUT2D eigenvalue weighted by Gasteiger charge is -2.23. The van der Waals surface area contributed by atoms with Crippen LogP contribution >= 0.6 is 0 Å². The minimum absolute atomic E-state index is 0.706. The van der Waals surface area contributed by atoms with Crippen LogP contribution in [0.4, 0.5) is 0 Å². The fraction of sp³-hybridized carbons (Fsp3) is 0.467. The van der Waals surface area contributed by atoms with E-state index in [-0.39, 0.29) is 0 Å². The first-order valence-electron chi connectivity index (χ1n) is 6.47. The zero-order chi connectivity index (χ0) is 13.8. The second kappa shape index (κ2) is 10.7. The van der Waals surface area contributed by atoms with Gasteiger partial charge in [-0.25, -0.2) is 0 Å². The number of unbranched alkanes of at least 4 members (excludes halogenated alkanes) is 1. The fourth-order valence-electron chi connectivity index (χ4n) is 1.66. The van der Waals surface area contributed by atoms with Crippen LogP contribution < -0.4 is 5.73 Å². The van der Waals surface area contributed by atoms with Gasteiger partial charge in [-0.1, -0.05) is 26.3 Å². The van der Waals surface area contributed by atoms with Gasteiger partial charge in [0, 0.05) is 18.8 Å². The third kappa shape index (κ3) is 6.97. The lowest BCUT2D eigenvalue weighted by atomic mass is 10.2. The molecule has 3 nitrogen and oxygen atoms in total. The summed E-state index contributed by atoms with van der Waals surface area (Å²) in [6, 6.07) is 0. The van der Waals surface area contributed by atoms with Crippen LogP contribution in [0.25, 0.3) is 0 Å². The molecule has 18 heavy (non-hydrogen) atoms. The maximum absolute atomic E-state index is 5.49. The molecule has 0 atom stereocenters. The van der Waals surface area contributed by atoms with Gasteiger partial charge < -0.3 is 15.5 Å². The Morgan fingerprint density at radius 2 is 1.56 bits per heavy atom. The van der Waals surface area contributed by atoms with Crippen LogP contribution in [0, 0.1) is 0 Å². The molecule has 0 amide bonds. The van der Waals surface area contributed by atoms with Crippen molar-refractivity contribution < 1.29 is 0 Å². The molecule has 0 spiro atoms. The van der Waals surface area contributed by atoms with Crippen molar-refractivity contribution in [2.24, 2.45) is 5.73 Å². The topological polar surface area (TPSA) is 32.5 Å². The predicted molar refractivity (Wildman–Crippen MR) is 80.7 cm³/mol. The molecular formula is C15H27N3. The highest BCUT2D eigenvalue weighted by molar-refractivity contribution is 4.98. The van der Waals surface area contributed by atoms with E-state index in [1.807, 2.05) is 11.1 Å². The molecule has 0 aromatic heterocycles. The van der Waals surface area contributed by atoms with E-state index in [9.17, 15) is 0 Å². The smallest absolute Gasteiger partial charge is 0.0222 e. The number of allylic oxidation sites excluding steroid dienone is 1. The van der Waals surface area contributed by atoms with Crippen LogP contribution in [0.2, 0.25) is 0 Å². The van der Waals surface area contributed by atoms with Crippen LogP contribution in [0.15, 0.2) is 50.6 Å². The number of hydrogen-bond donors (Lipinski definition) is 1. The van der Waals surface area contributed by atoms with Crippen molar-refractivity contribution in [3.63, 3.8) is 0 Å². The van der Waals surface area contributed by atoms with Crippen molar-refractivity contribution in [1.29, 1.82) is 0 Å². The van der Waals surface area contributed by atoms with Gasteiger partial charge in [-0.15, -0.1) is 0 Å². The van der Waals surface area contributed by atoms with E-state index in [0.717, 1.165) is 44.5 Å². The Balaban J connectivity index is 3.86. The summed E-state index contributed by atoms with van der Waals surface area (Å²) >= 11 is 0. The monoisotopic (exact) mass is 249 g/mol. The Morgan fingerprint density at radius 3 is 2.06 bits per heavy atom. The Kier molecular flexibility index (Phi) is 9.78. The first-order valence-corrected chi connectivity index (χ1v) is 6.47. The van der Waals surface area contributed by atoms with Crippen molar-refractivity contribution in [1.82, 2.24) is 9.80 Å². The largest absolute Gasteiger partial charge is 0.355 e. The van der Waals surface area contributed by atoms with Crippen LogP contribution in [0.5, 0.6) is 0 Å². The number of hydrogen-bond acceptors (Lipinski definition) is 3. The zero-order valence-corrected chi connectivity index (χ0v) is 11.5. The average Bonchev–Trinajstić information content (AvgIpc) is 2.40. The van der Waals surface area contributed by atoms with E-state index < -0.39 is 0 Å². The van der Waals surface area contributed by atoms with Gasteiger partial charge in [0.1, 0.15) is 0 Å². The zero-order valence-electron chi connectivity index (χ0n) is 11.5. The standard InChI is InChI=1S/C15H27N3/c1-5-17(6-2)13-8-9-14-18(7-3)15(4)11-10-12-16/h5-7H,1-4,8-14,16H2. The van der Waals surface area contributed by atoms with E-state index in [2.05, 4.69) is 31.2 Å². The number of nitrogens with two attached hydrogens (primary N) is 1. The maximum Gasteiger partial charge on any atom is 0.0222 e. The summed E-state index contributed by atoms with van der Waals surface area (Å²) in [4.78, 5) is 4.10. The minimum atomic E-state index is 0.706. The molecular weight excluding hydrogens is 222 g/mol. The fourth-order valence-corrected chi connectivity index (χ4v) is 1.66. The highest BCUT2D eigenvalue weighted by Crippen LogP contribution is 2.10. The van der Waals surface area contributed by atoms with Gasteiger partial charge in [-0.05, 0) is 50.8 Å². The van der Waals surface area contributed by atoms with Crippen molar-refractivity contribution in [3.05, 3.63) is 50.6 Å². The summed E-state index contributed by atoms with van der Waals surface area (Å²) in [6.07, 6.45) is 9.52. The van der Waals surface area contributed by atoms with Gasteiger partial charge in [-0.3, -0.25) is 0 Å². The molecule has 0 bridgehead atoms. The molecule has 0 aliphatic heterocycles. The molecule has 0 radical (unpaired) electrons. The molecule has 0 aromatic rings. The average molecular weight is 249 g/mol. The van der Waals surface area contributed by atoms with Crippen LogP contribution in [-0.4, -0.2) is 29.4 Å². The van der Waals surface area contributed by atoms with Gasteiger partial charge in [0.2, 0.25) is 0 Å². The van der Waals surface area contributed by atoms with E-state index in [0.29, 0.717) is 6.54 Å². The normalized spacial score (nSPS) is 9.61. The molecule has 0 heterocycles. The van der Waals surface area contributed by atoms with Crippen LogP contribution in [-0.2, 0) is 0 Å². The second-order valence-electron chi connectivity index (χ2n) is 4.14. The van der Waals surface area contributed by atoms with E-state index >= 15 is 0 Å². The molecule has 2 N–H and O–H groups in total. The first kappa shape index (κ1) is 16.5. The van der Waals surface area contributed by atoms with Gasteiger partial charge in [0.15, 0.2) is 0 Å². The molecule has 102 valence electrons. The summed E-state index contributed by atoms with van der Waals surface area (Å²) in [7, 11) is 0.